The molecule has 1 N–H and O–H groups in total. The van der Waals surface area contributed by atoms with Gasteiger partial charge in [0.15, 0.2) is 0 Å². The molecule has 0 unspecified atom stereocenters. The molecule has 2 aromatic carbocycles. The fourth-order valence-corrected chi connectivity index (χ4v) is 2.23. The zero-order valence-electron chi connectivity index (χ0n) is 11.6. The SMILES string of the molecule is CCCc1ccc(C(=O)O)c(-c2ccc(C#N)c(F)c2)c1. The second-order valence-corrected chi connectivity index (χ2v) is 4.74. The van der Waals surface area contributed by atoms with Crippen LogP contribution < -0.4 is 0 Å². The number of aryl methyl sites for hydroxylation is 1. The van der Waals surface area contributed by atoms with Gasteiger partial charge in [0.1, 0.15) is 11.9 Å². The molecule has 21 heavy (non-hydrogen) atoms. The molecule has 0 saturated carbocycles. The molecule has 0 aliphatic heterocycles. The first-order chi connectivity index (χ1) is 10.1. The van der Waals surface area contributed by atoms with Crippen LogP contribution in [0.2, 0.25) is 0 Å². The Balaban J connectivity index is 2.60. The molecule has 0 bridgehead atoms. The summed E-state index contributed by atoms with van der Waals surface area (Å²) in [7, 11) is 0. The fraction of sp³-hybridized carbons (Fsp3) is 0.176. The van der Waals surface area contributed by atoms with Gasteiger partial charge in [0.25, 0.3) is 0 Å². The van der Waals surface area contributed by atoms with Gasteiger partial charge in [-0.15, -0.1) is 0 Å². The van der Waals surface area contributed by atoms with Crippen LogP contribution in [0.4, 0.5) is 4.39 Å². The highest BCUT2D eigenvalue weighted by Crippen LogP contribution is 2.27. The summed E-state index contributed by atoms with van der Waals surface area (Å²) < 4.78 is 13.7. The average molecular weight is 283 g/mol. The Hall–Kier alpha value is -2.67. The highest BCUT2D eigenvalue weighted by molar-refractivity contribution is 5.96. The maximum atomic E-state index is 13.7. The summed E-state index contributed by atoms with van der Waals surface area (Å²) >= 11 is 0. The number of nitrogens with zero attached hydrogens (tertiary/aromatic N) is 1. The number of carbonyl (C=O) groups is 1. The second kappa shape index (κ2) is 6.19. The van der Waals surface area contributed by atoms with E-state index in [1.54, 1.807) is 30.3 Å². The van der Waals surface area contributed by atoms with Crippen LogP contribution in [0.1, 0.15) is 34.8 Å². The van der Waals surface area contributed by atoms with E-state index in [2.05, 4.69) is 0 Å². The number of hydrogen-bond donors (Lipinski definition) is 1. The molecule has 0 atom stereocenters. The summed E-state index contributed by atoms with van der Waals surface area (Å²) in [6.45, 7) is 2.03. The minimum absolute atomic E-state index is 0.0552. The van der Waals surface area contributed by atoms with Crippen LogP contribution in [0.5, 0.6) is 0 Å². The molecule has 3 nitrogen and oxygen atoms in total. The van der Waals surface area contributed by atoms with Crippen LogP contribution in [-0.4, -0.2) is 11.1 Å². The number of rotatable bonds is 4. The maximum Gasteiger partial charge on any atom is 0.336 e. The van der Waals surface area contributed by atoms with Gasteiger partial charge in [-0.25, -0.2) is 9.18 Å². The van der Waals surface area contributed by atoms with Gasteiger partial charge < -0.3 is 5.11 Å². The van der Waals surface area contributed by atoms with E-state index in [1.807, 2.05) is 6.92 Å². The Labute approximate surface area is 122 Å². The monoisotopic (exact) mass is 283 g/mol. The van der Waals surface area contributed by atoms with Crippen molar-refractivity contribution in [2.75, 3.05) is 0 Å². The molecule has 0 fully saturated rings. The molecule has 106 valence electrons. The van der Waals surface area contributed by atoms with Crippen molar-refractivity contribution in [3.63, 3.8) is 0 Å². The number of nitriles is 1. The smallest absolute Gasteiger partial charge is 0.336 e. The normalized spacial score (nSPS) is 10.1. The first kappa shape index (κ1) is 14.7. The van der Waals surface area contributed by atoms with Gasteiger partial charge in [0.05, 0.1) is 11.1 Å². The number of halogens is 1. The van der Waals surface area contributed by atoms with Gasteiger partial charge in [0.2, 0.25) is 0 Å². The van der Waals surface area contributed by atoms with Crippen molar-refractivity contribution < 1.29 is 14.3 Å². The van der Waals surface area contributed by atoms with Crippen molar-refractivity contribution in [3.8, 4) is 17.2 Å². The molecular formula is C17H14FNO2. The summed E-state index contributed by atoms with van der Waals surface area (Å²) in [4.78, 5) is 11.3. The lowest BCUT2D eigenvalue weighted by atomic mass is 9.95. The zero-order chi connectivity index (χ0) is 15.4. The van der Waals surface area contributed by atoms with Crippen molar-refractivity contribution >= 4 is 5.97 Å². The molecule has 0 heterocycles. The number of hydrogen-bond acceptors (Lipinski definition) is 2. The van der Waals surface area contributed by atoms with Crippen LogP contribution in [0.3, 0.4) is 0 Å². The Kier molecular flexibility index (Phi) is 4.34. The minimum atomic E-state index is -1.06. The molecule has 2 rings (SSSR count). The molecule has 0 radical (unpaired) electrons. The topological polar surface area (TPSA) is 61.1 Å². The Bertz CT molecular complexity index is 732. The molecule has 0 aliphatic carbocycles. The third kappa shape index (κ3) is 3.09. The molecule has 0 aliphatic rings. The van der Waals surface area contributed by atoms with Gasteiger partial charge in [-0.05, 0) is 41.3 Å². The van der Waals surface area contributed by atoms with Crippen molar-refractivity contribution in [1.29, 1.82) is 5.26 Å². The van der Waals surface area contributed by atoms with Gasteiger partial charge in [-0.3, -0.25) is 0 Å². The predicted octanol–water partition coefficient (Wildman–Crippen LogP) is 4.02. The molecule has 2 aromatic rings. The van der Waals surface area contributed by atoms with Gasteiger partial charge in [-0.2, -0.15) is 5.26 Å². The molecular weight excluding hydrogens is 269 g/mol. The summed E-state index contributed by atoms with van der Waals surface area (Å²) in [5, 5.41) is 18.0. The zero-order valence-corrected chi connectivity index (χ0v) is 11.6. The fourth-order valence-electron chi connectivity index (χ4n) is 2.23. The molecule has 0 spiro atoms. The van der Waals surface area contributed by atoms with Crippen LogP contribution in [0.15, 0.2) is 36.4 Å². The summed E-state index contributed by atoms with van der Waals surface area (Å²) in [5.74, 6) is -1.70. The third-order valence-corrected chi connectivity index (χ3v) is 3.25. The van der Waals surface area contributed by atoms with Crippen LogP contribution >= 0.6 is 0 Å². The van der Waals surface area contributed by atoms with E-state index in [1.165, 1.54) is 12.1 Å². The highest BCUT2D eigenvalue weighted by atomic mass is 19.1. The quantitative estimate of drug-likeness (QED) is 0.922. The largest absolute Gasteiger partial charge is 0.478 e. The average Bonchev–Trinajstić information content (AvgIpc) is 2.47. The van der Waals surface area contributed by atoms with Crippen molar-refractivity contribution in [3.05, 3.63) is 58.9 Å². The number of aromatic carboxylic acids is 1. The predicted molar refractivity (Wildman–Crippen MR) is 77.5 cm³/mol. The summed E-state index contributed by atoms with van der Waals surface area (Å²) in [6.07, 6.45) is 1.76. The van der Waals surface area contributed by atoms with E-state index in [0.717, 1.165) is 18.4 Å². The standard InChI is InChI=1S/C17H14FNO2/c1-2-3-11-4-7-14(17(20)21)15(8-11)12-5-6-13(10-19)16(18)9-12/h4-9H,2-3H2,1H3,(H,20,21). The lowest BCUT2D eigenvalue weighted by molar-refractivity contribution is 0.0697. The highest BCUT2D eigenvalue weighted by Gasteiger charge is 2.14. The van der Waals surface area contributed by atoms with Crippen LogP contribution in [-0.2, 0) is 6.42 Å². The van der Waals surface area contributed by atoms with E-state index in [4.69, 9.17) is 5.26 Å². The Morgan fingerprint density at radius 1 is 1.29 bits per heavy atom. The second-order valence-electron chi connectivity index (χ2n) is 4.74. The van der Waals surface area contributed by atoms with Crippen LogP contribution in [0.25, 0.3) is 11.1 Å². The van der Waals surface area contributed by atoms with Crippen molar-refractivity contribution in [2.45, 2.75) is 19.8 Å². The van der Waals surface area contributed by atoms with Crippen molar-refractivity contribution in [1.82, 2.24) is 0 Å². The third-order valence-electron chi connectivity index (χ3n) is 3.25. The van der Waals surface area contributed by atoms with Gasteiger partial charge >= 0.3 is 5.97 Å². The Morgan fingerprint density at radius 2 is 2.05 bits per heavy atom. The van der Waals surface area contributed by atoms with E-state index in [9.17, 15) is 14.3 Å². The van der Waals surface area contributed by atoms with E-state index in [0.29, 0.717) is 11.1 Å². The van der Waals surface area contributed by atoms with E-state index in [-0.39, 0.29) is 11.1 Å². The summed E-state index contributed by atoms with van der Waals surface area (Å²) in [5.41, 5.74) is 2.00. The minimum Gasteiger partial charge on any atom is -0.478 e. The van der Waals surface area contributed by atoms with E-state index >= 15 is 0 Å². The summed E-state index contributed by atoms with van der Waals surface area (Å²) in [6, 6.07) is 11.0. The number of carboxylic acid groups (broad SMARTS) is 1. The van der Waals surface area contributed by atoms with Gasteiger partial charge in [-0.1, -0.05) is 31.5 Å². The lowest BCUT2D eigenvalue weighted by Gasteiger charge is -2.10. The van der Waals surface area contributed by atoms with Gasteiger partial charge in [0, 0.05) is 0 Å². The van der Waals surface area contributed by atoms with E-state index < -0.39 is 11.8 Å². The molecule has 0 aromatic heterocycles. The molecule has 0 amide bonds. The Morgan fingerprint density at radius 3 is 2.62 bits per heavy atom. The first-order valence-corrected chi connectivity index (χ1v) is 6.63. The van der Waals surface area contributed by atoms with Crippen LogP contribution in [0, 0.1) is 17.1 Å². The lowest BCUT2D eigenvalue weighted by Crippen LogP contribution is -2.01. The number of benzene rings is 2. The van der Waals surface area contributed by atoms with Crippen molar-refractivity contribution in [2.24, 2.45) is 0 Å². The number of carboxylic acids is 1. The molecule has 0 saturated heterocycles. The first-order valence-electron chi connectivity index (χ1n) is 6.63. The molecule has 4 heteroatoms. The maximum absolute atomic E-state index is 13.7.